The van der Waals surface area contributed by atoms with Crippen LogP contribution >= 0.6 is 0 Å². The minimum atomic E-state index is -0.361. The van der Waals surface area contributed by atoms with Crippen LogP contribution in [0.1, 0.15) is 226 Å². The van der Waals surface area contributed by atoms with Crippen molar-refractivity contribution in [1.82, 2.24) is 0 Å². The van der Waals surface area contributed by atoms with Crippen molar-refractivity contribution >= 4 is 11.6 Å². The standard InChI is InChI=1S/C42H84NO2.ClH/c1-6-8-10-12-14-16-18-20-22-24-26-28-30-32-34-36-41(44)40(38-39-43(3,4)5)42(45)37-35-33-31-29-27-25-23-21-19-17-15-13-11-9-7-2;/h40H,6-39H2,1-5H3;1H/q+1;/p-1. The zero-order chi connectivity index (χ0) is 33.3. The van der Waals surface area contributed by atoms with Crippen molar-refractivity contribution in [2.75, 3.05) is 27.7 Å². The van der Waals surface area contributed by atoms with Crippen LogP contribution in [0.25, 0.3) is 0 Å². The molecule has 0 aliphatic rings. The van der Waals surface area contributed by atoms with Crippen molar-refractivity contribution < 1.29 is 26.5 Å². The summed E-state index contributed by atoms with van der Waals surface area (Å²) in [5, 5.41) is 0. The molecule has 0 radical (unpaired) electrons. The smallest absolute Gasteiger partial charge is 0.143 e. The lowest BCUT2D eigenvalue weighted by molar-refractivity contribution is -0.870. The van der Waals surface area contributed by atoms with Crippen molar-refractivity contribution in [3.8, 4) is 0 Å². The van der Waals surface area contributed by atoms with Gasteiger partial charge in [0.25, 0.3) is 0 Å². The molecular formula is C42H84ClNO2. The molecule has 0 saturated carbocycles. The van der Waals surface area contributed by atoms with E-state index in [4.69, 9.17) is 0 Å². The number of rotatable bonds is 37. The molecule has 0 aliphatic carbocycles. The van der Waals surface area contributed by atoms with Gasteiger partial charge >= 0.3 is 0 Å². The first-order chi connectivity index (χ1) is 21.8. The number of hydrogen-bond acceptors (Lipinski definition) is 2. The van der Waals surface area contributed by atoms with Gasteiger partial charge in [0.15, 0.2) is 0 Å². The second-order valence-corrected chi connectivity index (χ2v) is 15.7. The van der Waals surface area contributed by atoms with Crippen LogP contribution in [0.15, 0.2) is 0 Å². The third kappa shape index (κ3) is 34.9. The van der Waals surface area contributed by atoms with Gasteiger partial charge in [-0.25, -0.2) is 0 Å². The first-order valence-electron chi connectivity index (χ1n) is 20.7. The average Bonchev–Trinajstić information content (AvgIpc) is 3.00. The number of carbonyl (C=O) groups is 2. The summed E-state index contributed by atoms with van der Waals surface area (Å²) in [5.41, 5.74) is 0. The number of Topliss-reactive ketones (excluding diaryl/α,β-unsaturated/α-hetero) is 2. The maximum Gasteiger partial charge on any atom is 0.143 e. The molecule has 0 unspecified atom stereocenters. The minimum Gasteiger partial charge on any atom is -1.00 e. The lowest BCUT2D eigenvalue weighted by Gasteiger charge is -2.26. The van der Waals surface area contributed by atoms with Gasteiger partial charge in [0.05, 0.1) is 33.6 Å². The Morgan fingerprint density at radius 2 is 0.609 bits per heavy atom. The van der Waals surface area contributed by atoms with Gasteiger partial charge in [0.2, 0.25) is 0 Å². The topological polar surface area (TPSA) is 34.1 Å². The van der Waals surface area contributed by atoms with Gasteiger partial charge in [-0.15, -0.1) is 0 Å². The van der Waals surface area contributed by atoms with Gasteiger partial charge in [-0.3, -0.25) is 9.59 Å². The Hall–Kier alpha value is -0.410. The molecule has 3 nitrogen and oxygen atoms in total. The molecule has 0 rings (SSSR count). The monoisotopic (exact) mass is 670 g/mol. The highest BCUT2D eigenvalue weighted by atomic mass is 35.5. The second kappa shape index (κ2) is 35.9. The molecule has 0 aliphatic heterocycles. The fraction of sp³-hybridized carbons (Fsp3) is 0.952. The number of ketones is 2. The fourth-order valence-corrected chi connectivity index (χ4v) is 6.71. The van der Waals surface area contributed by atoms with Gasteiger partial charge in [0.1, 0.15) is 11.6 Å². The Labute approximate surface area is 296 Å². The van der Waals surface area contributed by atoms with Crippen LogP contribution in [-0.4, -0.2) is 43.7 Å². The van der Waals surface area contributed by atoms with Gasteiger partial charge in [0, 0.05) is 19.3 Å². The van der Waals surface area contributed by atoms with Crippen LogP contribution in [0.5, 0.6) is 0 Å². The van der Waals surface area contributed by atoms with E-state index in [0.29, 0.717) is 12.8 Å². The minimum absolute atomic E-state index is 0. The summed E-state index contributed by atoms with van der Waals surface area (Å²) in [6, 6.07) is 0. The SMILES string of the molecule is CCCCCCCCCCCCCCCCCC(=O)C(CC[N+](C)(C)C)C(=O)CCCCCCCCCCCCCCCCC.[Cl-]. The Bertz CT molecular complexity index is 598. The Morgan fingerprint density at radius 1 is 0.391 bits per heavy atom. The molecule has 0 bridgehead atoms. The third-order valence-electron chi connectivity index (χ3n) is 9.92. The predicted octanol–water partition coefficient (Wildman–Crippen LogP) is 10.4. The van der Waals surface area contributed by atoms with Gasteiger partial charge in [-0.2, -0.15) is 0 Å². The van der Waals surface area contributed by atoms with E-state index in [1.54, 1.807) is 0 Å². The first-order valence-corrected chi connectivity index (χ1v) is 20.7. The number of halogens is 1. The molecule has 0 fully saturated rings. The predicted molar refractivity (Wildman–Crippen MR) is 200 cm³/mol. The molecule has 0 aromatic heterocycles. The highest BCUT2D eigenvalue weighted by molar-refractivity contribution is 6.02. The molecular weight excluding hydrogens is 586 g/mol. The zero-order valence-electron chi connectivity index (χ0n) is 32.3. The summed E-state index contributed by atoms with van der Waals surface area (Å²) in [7, 11) is 6.49. The lowest BCUT2D eigenvalue weighted by Crippen LogP contribution is -3.00. The lowest BCUT2D eigenvalue weighted by atomic mass is 9.88. The van der Waals surface area contributed by atoms with E-state index in [-0.39, 0.29) is 29.9 Å². The molecule has 0 heterocycles. The number of quaternary nitrogens is 1. The van der Waals surface area contributed by atoms with Crippen LogP contribution in [0, 0.1) is 5.92 Å². The normalized spacial score (nSPS) is 11.7. The Morgan fingerprint density at radius 3 is 0.826 bits per heavy atom. The molecule has 276 valence electrons. The van der Waals surface area contributed by atoms with Crippen molar-refractivity contribution in [3.63, 3.8) is 0 Å². The van der Waals surface area contributed by atoms with E-state index >= 15 is 0 Å². The van der Waals surface area contributed by atoms with Gasteiger partial charge < -0.3 is 16.9 Å². The number of carbonyl (C=O) groups excluding carboxylic acids is 2. The van der Waals surface area contributed by atoms with E-state index in [2.05, 4.69) is 35.0 Å². The fourth-order valence-electron chi connectivity index (χ4n) is 6.71. The quantitative estimate of drug-likeness (QED) is 0.0375. The molecule has 4 heteroatoms. The van der Waals surface area contributed by atoms with Crippen molar-refractivity contribution in [2.45, 2.75) is 226 Å². The highest BCUT2D eigenvalue weighted by Crippen LogP contribution is 2.20. The second-order valence-electron chi connectivity index (χ2n) is 15.7. The molecule has 0 amide bonds. The number of nitrogens with zero attached hydrogens (tertiary/aromatic N) is 1. The van der Waals surface area contributed by atoms with Crippen LogP contribution < -0.4 is 12.4 Å². The molecule has 0 saturated heterocycles. The highest BCUT2D eigenvalue weighted by Gasteiger charge is 2.27. The van der Waals surface area contributed by atoms with Crippen molar-refractivity contribution in [1.29, 1.82) is 0 Å². The number of unbranched alkanes of at least 4 members (excludes halogenated alkanes) is 28. The average molecular weight is 671 g/mol. The summed E-state index contributed by atoms with van der Waals surface area (Å²) in [5.74, 6) is 0.0915. The van der Waals surface area contributed by atoms with Gasteiger partial charge in [-0.05, 0) is 12.8 Å². The summed E-state index contributed by atoms with van der Waals surface area (Å²) in [6.45, 7) is 5.46. The maximum atomic E-state index is 13.2. The van der Waals surface area contributed by atoms with E-state index in [0.717, 1.165) is 43.1 Å². The first kappa shape index (κ1) is 47.7. The van der Waals surface area contributed by atoms with Crippen LogP contribution in [-0.2, 0) is 9.59 Å². The maximum absolute atomic E-state index is 13.2. The summed E-state index contributed by atoms with van der Waals surface area (Å²) in [6.07, 6.45) is 42.0. The van der Waals surface area contributed by atoms with Crippen molar-refractivity contribution in [2.24, 2.45) is 5.92 Å². The van der Waals surface area contributed by atoms with Crippen molar-refractivity contribution in [3.05, 3.63) is 0 Å². The van der Waals surface area contributed by atoms with Crippen LogP contribution in [0.3, 0.4) is 0 Å². The largest absolute Gasteiger partial charge is 1.00 e. The molecule has 46 heavy (non-hydrogen) atoms. The summed E-state index contributed by atoms with van der Waals surface area (Å²) in [4.78, 5) is 26.3. The zero-order valence-corrected chi connectivity index (χ0v) is 33.0. The van der Waals surface area contributed by atoms with Gasteiger partial charge in [-0.1, -0.05) is 194 Å². The van der Waals surface area contributed by atoms with E-state index in [1.165, 1.54) is 167 Å². The van der Waals surface area contributed by atoms with Crippen LogP contribution in [0.2, 0.25) is 0 Å². The molecule has 0 aromatic rings. The van der Waals surface area contributed by atoms with E-state index < -0.39 is 0 Å². The molecule has 0 spiro atoms. The molecule has 0 aromatic carbocycles. The third-order valence-corrected chi connectivity index (χ3v) is 9.92. The van der Waals surface area contributed by atoms with E-state index in [9.17, 15) is 9.59 Å². The van der Waals surface area contributed by atoms with E-state index in [1.807, 2.05) is 0 Å². The number of hydrogen-bond donors (Lipinski definition) is 0. The molecule has 0 atom stereocenters. The Kier molecular flexibility index (Phi) is 37.2. The summed E-state index contributed by atoms with van der Waals surface area (Å²) >= 11 is 0. The van der Waals surface area contributed by atoms with Crippen LogP contribution in [0.4, 0.5) is 0 Å². The molecule has 0 N–H and O–H groups in total. The summed E-state index contributed by atoms with van der Waals surface area (Å²) < 4.78 is 0.814. The Balaban J connectivity index is 0.